The standard InChI is InChI=1S/C12H19N3O3S/c1-9(13)12(16)14-8-10-6-4-5-7-11(10)19(17,18)15(2)3/h4-7,9H,8,13H2,1-3H3,(H,14,16)/t9-/m1/s1. The van der Waals surface area contributed by atoms with E-state index in [2.05, 4.69) is 5.32 Å². The normalized spacial score (nSPS) is 13.3. The zero-order valence-electron chi connectivity index (χ0n) is 11.3. The van der Waals surface area contributed by atoms with Gasteiger partial charge in [0.15, 0.2) is 0 Å². The van der Waals surface area contributed by atoms with Crippen molar-refractivity contribution in [2.75, 3.05) is 14.1 Å². The molecule has 0 aliphatic rings. The fourth-order valence-electron chi connectivity index (χ4n) is 1.44. The van der Waals surface area contributed by atoms with Crippen LogP contribution < -0.4 is 11.1 Å². The molecule has 0 heterocycles. The van der Waals surface area contributed by atoms with Crippen LogP contribution >= 0.6 is 0 Å². The van der Waals surface area contributed by atoms with Gasteiger partial charge in [-0.2, -0.15) is 0 Å². The summed E-state index contributed by atoms with van der Waals surface area (Å²) in [7, 11) is -0.595. The molecule has 0 aliphatic carbocycles. The average Bonchev–Trinajstić information content (AvgIpc) is 2.35. The van der Waals surface area contributed by atoms with Gasteiger partial charge in [0.05, 0.1) is 10.9 Å². The van der Waals surface area contributed by atoms with E-state index in [4.69, 9.17) is 5.73 Å². The Kier molecular flexibility index (Phi) is 5.04. The van der Waals surface area contributed by atoms with E-state index >= 15 is 0 Å². The van der Waals surface area contributed by atoms with Crippen molar-refractivity contribution in [3.05, 3.63) is 29.8 Å². The van der Waals surface area contributed by atoms with Crippen LogP contribution in [-0.2, 0) is 21.4 Å². The summed E-state index contributed by atoms with van der Waals surface area (Å²) in [6.07, 6.45) is 0. The van der Waals surface area contributed by atoms with E-state index in [1.165, 1.54) is 20.2 Å². The van der Waals surface area contributed by atoms with Gasteiger partial charge in [0.25, 0.3) is 0 Å². The molecule has 0 fully saturated rings. The number of benzene rings is 1. The van der Waals surface area contributed by atoms with Crippen LogP contribution in [0, 0.1) is 0 Å². The number of hydrogen-bond donors (Lipinski definition) is 2. The van der Waals surface area contributed by atoms with E-state index in [-0.39, 0.29) is 17.3 Å². The minimum atomic E-state index is -3.52. The first-order chi connectivity index (χ1) is 8.76. The molecule has 3 N–H and O–H groups in total. The van der Waals surface area contributed by atoms with Crippen LogP contribution in [-0.4, -0.2) is 38.8 Å². The highest BCUT2D eigenvalue weighted by Crippen LogP contribution is 2.18. The van der Waals surface area contributed by atoms with E-state index in [0.29, 0.717) is 5.56 Å². The zero-order valence-corrected chi connectivity index (χ0v) is 12.1. The van der Waals surface area contributed by atoms with Crippen LogP contribution in [0.4, 0.5) is 0 Å². The molecule has 0 unspecified atom stereocenters. The van der Waals surface area contributed by atoms with Crippen molar-refractivity contribution in [2.45, 2.75) is 24.4 Å². The van der Waals surface area contributed by atoms with Crippen LogP contribution in [0.2, 0.25) is 0 Å². The third-order valence-electron chi connectivity index (χ3n) is 2.60. The SMILES string of the molecule is C[C@@H](N)C(=O)NCc1ccccc1S(=O)(=O)N(C)C. The van der Waals surface area contributed by atoms with Gasteiger partial charge < -0.3 is 11.1 Å². The van der Waals surface area contributed by atoms with E-state index < -0.39 is 16.1 Å². The number of carbonyl (C=O) groups is 1. The molecule has 1 amide bonds. The quantitative estimate of drug-likeness (QED) is 0.790. The second-order valence-electron chi connectivity index (χ2n) is 4.40. The summed E-state index contributed by atoms with van der Waals surface area (Å²) < 4.78 is 25.4. The topological polar surface area (TPSA) is 92.5 Å². The number of nitrogens with zero attached hydrogens (tertiary/aromatic N) is 1. The van der Waals surface area contributed by atoms with Gasteiger partial charge in [-0.25, -0.2) is 12.7 Å². The first-order valence-electron chi connectivity index (χ1n) is 5.80. The Bertz CT molecular complexity index is 553. The van der Waals surface area contributed by atoms with Crippen LogP contribution in [0.5, 0.6) is 0 Å². The molecule has 106 valence electrons. The van der Waals surface area contributed by atoms with Gasteiger partial charge in [0, 0.05) is 20.6 Å². The first-order valence-corrected chi connectivity index (χ1v) is 7.24. The van der Waals surface area contributed by atoms with E-state index in [1.807, 2.05) is 0 Å². The lowest BCUT2D eigenvalue weighted by Crippen LogP contribution is -2.38. The molecule has 0 aliphatic heterocycles. The predicted octanol–water partition coefficient (Wildman–Crippen LogP) is -0.0997. The van der Waals surface area contributed by atoms with Crippen LogP contribution in [0.1, 0.15) is 12.5 Å². The molecular formula is C12H19N3O3S. The third-order valence-corrected chi connectivity index (χ3v) is 4.51. The van der Waals surface area contributed by atoms with Gasteiger partial charge in [0.2, 0.25) is 15.9 Å². The lowest BCUT2D eigenvalue weighted by Gasteiger charge is -2.15. The lowest BCUT2D eigenvalue weighted by molar-refractivity contribution is -0.122. The maximum Gasteiger partial charge on any atom is 0.242 e. The molecule has 7 heteroatoms. The van der Waals surface area contributed by atoms with Gasteiger partial charge in [-0.15, -0.1) is 0 Å². The van der Waals surface area contributed by atoms with Gasteiger partial charge in [0.1, 0.15) is 0 Å². The summed E-state index contributed by atoms with van der Waals surface area (Å²) in [5, 5.41) is 2.60. The molecule has 1 aromatic carbocycles. The fraction of sp³-hybridized carbons (Fsp3) is 0.417. The largest absolute Gasteiger partial charge is 0.351 e. The number of nitrogens with one attached hydrogen (secondary N) is 1. The maximum atomic E-state index is 12.1. The van der Waals surface area contributed by atoms with Gasteiger partial charge in [-0.3, -0.25) is 4.79 Å². The Hall–Kier alpha value is -1.44. The molecule has 0 spiro atoms. The molecular weight excluding hydrogens is 266 g/mol. The van der Waals surface area contributed by atoms with Crippen molar-refractivity contribution in [3.63, 3.8) is 0 Å². The molecule has 0 radical (unpaired) electrons. The molecule has 6 nitrogen and oxygen atoms in total. The third kappa shape index (κ3) is 3.76. The average molecular weight is 285 g/mol. The van der Waals surface area contributed by atoms with Crippen molar-refractivity contribution in [3.8, 4) is 0 Å². The van der Waals surface area contributed by atoms with Crippen molar-refractivity contribution >= 4 is 15.9 Å². The number of amides is 1. The minimum absolute atomic E-state index is 0.129. The predicted molar refractivity (Wildman–Crippen MR) is 72.8 cm³/mol. The summed E-state index contributed by atoms with van der Waals surface area (Å²) in [6, 6.07) is 5.92. The molecule has 0 bridgehead atoms. The molecule has 0 saturated carbocycles. The number of sulfonamides is 1. The van der Waals surface area contributed by atoms with Crippen LogP contribution in [0.3, 0.4) is 0 Å². The zero-order chi connectivity index (χ0) is 14.6. The van der Waals surface area contributed by atoms with E-state index in [0.717, 1.165) is 4.31 Å². The Morgan fingerprint density at radius 2 is 1.95 bits per heavy atom. The lowest BCUT2D eigenvalue weighted by atomic mass is 10.2. The molecule has 19 heavy (non-hydrogen) atoms. The molecule has 1 atom stereocenters. The van der Waals surface area contributed by atoms with Crippen molar-refractivity contribution in [1.82, 2.24) is 9.62 Å². The Morgan fingerprint density at radius 1 is 1.37 bits per heavy atom. The van der Waals surface area contributed by atoms with Crippen LogP contribution in [0.15, 0.2) is 29.2 Å². The highest BCUT2D eigenvalue weighted by molar-refractivity contribution is 7.89. The minimum Gasteiger partial charge on any atom is -0.351 e. The van der Waals surface area contributed by atoms with E-state index in [9.17, 15) is 13.2 Å². The smallest absolute Gasteiger partial charge is 0.242 e. The summed E-state index contributed by atoms with van der Waals surface area (Å²) in [5.41, 5.74) is 5.97. The second kappa shape index (κ2) is 6.14. The Labute approximate surface area is 113 Å². The molecule has 0 aromatic heterocycles. The van der Waals surface area contributed by atoms with Crippen molar-refractivity contribution < 1.29 is 13.2 Å². The number of nitrogens with two attached hydrogens (primary N) is 1. The highest BCUT2D eigenvalue weighted by atomic mass is 32.2. The molecule has 0 saturated heterocycles. The number of carbonyl (C=O) groups excluding carboxylic acids is 1. The second-order valence-corrected chi connectivity index (χ2v) is 6.52. The Morgan fingerprint density at radius 3 is 2.47 bits per heavy atom. The first kappa shape index (κ1) is 15.6. The summed E-state index contributed by atoms with van der Waals surface area (Å²) >= 11 is 0. The fourth-order valence-corrected chi connectivity index (χ4v) is 2.56. The Balaban J connectivity index is 3.01. The number of hydrogen-bond acceptors (Lipinski definition) is 4. The summed E-state index contributed by atoms with van der Waals surface area (Å²) in [4.78, 5) is 11.6. The van der Waals surface area contributed by atoms with Crippen molar-refractivity contribution in [2.24, 2.45) is 5.73 Å². The molecule has 1 rings (SSSR count). The van der Waals surface area contributed by atoms with Gasteiger partial charge in [-0.1, -0.05) is 18.2 Å². The van der Waals surface area contributed by atoms with Crippen LogP contribution in [0.25, 0.3) is 0 Å². The van der Waals surface area contributed by atoms with Gasteiger partial charge >= 0.3 is 0 Å². The van der Waals surface area contributed by atoms with Gasteiger partial charge in [-0.05, 0) is 18.6 Å². The highest BCUT2D eigenvalue weighted by Gasteiger charge is 2.20. The monoisotopic (exact) mass is 285 g/mol. The molecule has 1 aromatic rings. The summed E-state index contributed by atoms with van der Waals surface area (Å²) in [5.74, 6) is -0.322. The van der Waals surface area contributed by atoms with Crippen molar-refractivity contribution in [1.29, 1.82) is 0 Å². The number of rotatable bonds is 5. The maximum absolute atomic E-state index is 12.1. The summed E-state index contributed by atoms with van der Waals surface area (Å²) in [6.45, 7) is 1.70. The van der Waals surface area contributed by atoms with E-state index in [1.54, 1.807) is 25.1 Å².